The number of hydrogen-bond donors (Lipinski definition) is 0. The van der Waals surface area contributed by atoms with Crippen LogP contribution < -0.4 is 14.3 Å². The number of amides is 1. The zero-order chi connectivity index (χ0) is 16.8. The first-order valence-corrected chi connectivity index (χ1v) is 8.09. The normalized spacial score (nSPS) is 12.1. The van der Waals surface area contributed by atoms with E-state index in [1.54, 1.807) is 17.8 Å². The third-order valence-electron chi connectivity index (χ3n) is 2.93. The SMILES string of the molecule is COc1cc(/C=C/C(=O)N=c2sccn2C)ccc1OC(C)C. The van der Waals surface area contributed by atoms with Crippen molar-refractivity contribution in [3.8, 4) is 11.5 Å². The summed E-state index contributed by atoms with van der Waals surface area (Å²) >= 11 is 1.42. The molecular formula is C17H20N2O3S. The van der Waals surface area contributed by atoms with E-state index >= 15 is 0 Å². The minimum Gasteiger partial charge on any atom is -0.493 e. The van der Waals surface area contributed by atoms with Gasteiger partial charge in [-0.3, -0.25) is 4.79 Å². The molecule has 1 amide bonds. The Morgan fingerprint density at radius 1 is 1.35 bits per heavy atom. The van der Waals surface area contributed by atoms with Crippen molar-refractivity contribution in [3.05, 3.63) is 46.2 Å². The fourth-order valence-electron chi connectivity index (χ4n) is 1.87. The van der Waals surface area contributed by atoms with E-state index in [2.05, 4.69) is 4.99 Å². The number of thiazole rings is 1. The van der Waals surface area contributed by atoms with Crippen LogP contribution in [0.1, 0.15) is 19.4 Å². The van der Waals surface area contributed by atoms with Crippen LogP contribution in [0.5, 0.6) is 11.5 Å². The Labute approximate surface area is 139 Å². The summed E-state index contributed by atoms with van der Waals surface area (Å²) in [4.78, 5) is 16.6. The van der Waals surface area contributed by atoms with Crippen LogP contribution in [0.15, 0.2) is 40.8 Å². The minimum absolute atomic E-state index is 0.0669. The summed E-state index contributed by atoms with van der Waals surface area (Å²) in [6.07, 6.45) is 5.08. The highest BCUT2D eigenvalue weighted by Crippen LogP contribution is 2.29. The molecule has 0 atom stereocenters. The lowest BCUT2D eigenvalue weighted by molar-refractivity contribution is -0.113. The summed E-state index contributed by atoms with van der Waals surface area (Å²) in [5, 5.41) is 1.88. The van der Waals surface area contributed by atoms with Crippen LogP contribution in [-0.2, 0) is 11.8 Å². The van der Waals surface area contributed by atoms with Crippen LogP contribution in [0, 0.1) is 0 Å². The zero-order valence-corrected chi connectivity index (χ0v) is 14.5. The average Bonchev–Trinajstić information content (AvgIpc) is 2.91. The van der Waals surface area contributed by atoms with Crippen molar-refractivity contribution in [1.29, 1.82) is 0 Å². The van der Waals surface area contributed by atoms with Crippen molar-refractivity contribution in [2.24, 2.45) is 12.0 Å². The number of rotatable bonds is 5. The largest absolute Gasteiger partial charge is 0.493 e. The van der Waals surface area contributed by atoms with Crippen LogP contribution in [0.4, 0.5) is 0 Å². The molecule has 23 heavy (non-hydrogen) atoms. The van der Waals surface area contributed by atoms with E-state index < -0.39 is 0 Å². The lowest BCUT2D eigenvalue weighted by Gasteiger charge is -2.13. The molecule has 5 nitrogen and oxygen atoms in total. The smallest absolute Gasteiger partial charge is 0.272 e. The third kappa shape index (κ3) is 4.82. The Balaban J connectivity index is 2.16. The zero-order valence-electron chi connectivity index (χ0n) is 13.6. The number of carbonyl (C=O) groups is 1. The van der Waals surface area contributed by atoms with E-state index in [0.29, 0.717) is 16.3 Å². The van der Waals surface area contributed by atoms with Crippen molar-refractivity contribution in [2.45, 2.75) is 20.0 Å². The van der Waals surface area contributed by atoms with Crippen molar-refractivity contribution < 1.29 is 14.3 Å². The number of nitrogens with zero attached hydrogens (tertiary/aromatic N) is 2. The number of benzene rings is 1. The molecule has 0 aliphatic rings. The first kappa shape index (κ1) is 17.0. The topological polar surface area (TPSA) is 52.8 Å². The Hall–Kier alpha value is -2.34. The molecule has 2 rings (SSSR count). The van der Waals surface area contributed by atoms with Gasteiger partial charge < -0.3 is 14.0 Å². The molecule has 0 bridgehead atoms. The van der Waals surface area contributed by atoms with E-state index in [0.717, 1.165) is 5.56 Å². The molecule has 122 valence electrons. The van der Waals surface area contributed by atoms with Gasteiger partial charge in [-0.15, -0.1) is 11.3 Å². The summed E-state index contributed by atoms with van der Waals surface area (Å²) in [6.45, 7) is 3.91. The van der Waals surface area contributed by atoms with Crippen molar-refractivity contribution in [1.82, 2.24) is 4.57 Å². The molecule has 2 aromatic rings. The number of methoxy groups -OCH3 is 1. The molecule has 0 N–H and O–H groups in total. The highest BCUT2D eigenvalue weighted by Gasteiger charge is 2.06. The van der Waals surface area contributed by atoms with E-state index in [1.807, 2.05) is 50.7 Å². The maximum Gasteiger partial charge on any atom is 0.272 e. The van der Waals surface area contributed by atoms with Gasteiger partial charge in [-0.05, 0) is 37.6 Å². The van der Waals surface area contributed by atoms with Crippen molar-refractivity contribution in [2.75, 3.05) is 7.11 Å². The molecular weight excluding hydrogens is 312 g/mol. The monoisotopic (exact) mass is 332 g/mol. The molecule has 0 aliphatic heterocycles. The van der Waals surface area contributed by atoms with Gasteiger partial charge in [0.25, 0.3) is 5.91 Å². The molecule has 6 heteroatoms. The van der Waals surface area contributed by atoms with Crippen LogP contribution >= 0.6 is 11.3 Å². The lowest BCUT2D eigenvalue weighted by atomic mass is 10.2. The highest BCUT2D eigenvalue weighted by atomic mass is 32.1. The molecule has 0 spiro atoms. The van der Waals surface area contributed by atoms with Crippen LogP contribution in [-0.4, -0.2) is 23.7 Å². The van der Waals surface area contributed by atoms with Gasteiger partial charge in [-0.25, -0.2) is 0 Å². The van der Waals surface area contributed by atoms with E-state index in [1.165, 1.54) is 17.4 Å². The molecule has 1 aromatic carbocycles. The summed E-state index contributed by atoms with van der Waals surface area (Å²) in [5.41, 5.74) is 0.845. The Bertz CT molecular complexity index is 772. The average molecular weight is 332 g/mol. The standard InChI is InChI=1S/C17H20N2O3S/c1-12(2)22-14-7-5-13(11-15(14)21-4)6-8-16(20)18-17-19(3)9-10-23-17/h5-12H,1-4H3/b8-6+,18-17?. The number of hydrogen-bond acceptors (Lipinski definition) is 4. The van der Waals surface area contributed by atoms with E-state index in [4.69, 9.17) is 9.47 Å². The number of carbonyl (C=O) groups excluding carboxylic acids is 1. The third-order valence-corrected chi connectivity index (χ3v) is 3.78. The quantitative estimate of drug-likeness (QED) is 0.791. The van der Waals surface area contributed by atoms with Gasteiger partial charge in [0, 0.05) is 24.7 Å². The van der Waals surface area contributed by atoms with Crippen LogP contribution in [0.3, 0.4) is 0 Å². The Morgan fingerprint density at radius 3 is 2.74 bits per heavy atom. The van der Waals surface area contributed by atoms with Gasteiger partial charge in [0.15, 0.2) is 16.3 Å². The van der Waals surface area contributed by atoms with Gasteiger partial charge in [0.1, 0.15) is 0 Å². The predicted molar refractivity (Wildman–Crippen MR) is 91.7 cm³/mol. The molecule has 1 heterocycles. The molecule has 0 unspecified atom stereocenters. The fourth-order valence-corrected chi connectivity index (χ4v) is 2.61. The Morgan fingerprint density at radius 2 is 2.13 bits per heavy atom. The van der Waals surface area contributed by atoms with Crippen molar-refractivity contribution >= 4 is 23.3 Å². The maximum atomic E-state index is 11.9. The van der Waals surface area contributed by atoms with E-state index in [-0.39, 0.29) is 12.0 Å². The number of ether oxygens (including phenoxy) is 2. The van der Waals surface area contributed by atoms with Crippen molar-refractivity contribution in [3.63, 3.8) is 0 Å². The molecule has 0 aliphatic carbocycles. The maximum absolute atomic E-state index is 11.9. The van der Waals surface area contributed by atoms with Gasteiger partial charge in [-0.1, -0.05) is 6.07 Å². The van der Waals surface area contributed by atoms with Crippen LogP contribution in [0.25, 0.3) is 6.08 Å². The molecule has 0 saturated heterocycles. The minimum atomic E-state index is -0.301. The first-order valence-electron chi connectivity index (χ1n) is 7.21. The lowest BCUT2D eigenvalue weighted by Crippen LogP contribution is -2.11. The molecule has 0 radical (unpaired) electrons. The first-order chi connectivity index (χ1) is 11.0. The molecule has 0 saturated carbocycles. The number of aryl methyl sites for hydroxylation is 1. The second-order valence-corrected chi connectivity index (χ2v) is 6.03. The van der Waals surface area contributed by atoms with Gasteiger partial charge in [-0.2, -0.15) is 4.99 Å². The number of aromatic nitrogens is 1. The van der Waals surface area contributed by atoms with Gasteiger partial charge in [0.2, 0.25) is 0 Å². The Kier molecular flexibility index (Phi) is 5.76. The van der Waals surface area contributed by atoms with Gasteiger partial charge >= 0.3 is 0 Å². The fraction of sp³-hybridized carbons (Fsp3) is 0.294. The second kappa shape index (κ2) is 7.78. The summed E-state index contributed by atoms with van der Waals surface area (Å²) in [6, 6.07) is 5.53. The summed E-state index contributed by atoms with van der Waals surface area (Å²) in [5.74, 6) is 1.01. The molecule has 0 fully saturated rings. The van der Waals surface area contributed by atoms with Gasteiger partial charge in [0.05, 0.1) is 13.2 Å². The second-order valence-electron chi connectivity index (χ2n) is 5.16. The highest BCUT2D eigenvalue weighted by molar-refractivity contribution is 7.07. The summed E-state index contributed by atoms with van der Waals surface area (Å²) < 4.78 is 12.8. The van der Waals surface area contributed by atoms with Crippen LogP contribution in [0.2, 0.25) is 0 Å². The predicted octanol–water partition coefficient (Wildman–Crippen LogP) is 3.02. The summed E-state index contributed by atoms with van der Waals surface area (Å²) in [7, 11) is 3.44. The van der Waals surface area contributed by atoms with E-state index in [9.17, 15) is 4.79 Å². The molecule has 1 aromatic heterocycles.